The Morgan fingerprint density at radius 2 is 0.643 bits per heavy atom. The number of aromatic nitrogens is 10. The van der Waals surface area contributed by atoms with E-state index < -0.39 is 0 Å². The summed E-state index contributed by atoms with van der Waals surface area (Å²) in [7, 11) is 10.2. The zero-order valence-electron chi connectivity index (χ0n) is 72.8. The van der Waals surface area contributed by atoms with Crippen molar-refractivity contribution < 1.29 is 36.0 Å². The Labute approximate surface area is 680 Å². The van der Waals surface area contributed by atoms with Crippen LogP contribution in [-0.2, 0) is 35.2 Å². The number of nitrogens with zero attached hydrogens (tertiary/aromatic N) is 10. The highest BCUT2D eigenvalue weighted by Gasteiger charge is 2.27. The molecule has 15 rings (SSSR count). The molecule has 0 saturated heterocycles. The van der Waals surface area contributed by atoms with Crippen LogP contribution in [0.4, 0.5) is 13.2 Å². The van der Waals surface area contributed by atoms with E-state index in [4.69, 9.17) is 4.98 Å². The van der Waals surface area contributed by atoms with Crippen molar-refractivity contribution in [3.05, 3.63) is 294 Å². The lowest BCUT2D eigenvalue weighted by Gasteiger charge is -2.15. The SMILES string of the molecule is CCC(CC)c1ccc2c(-c3cc(C)cc(C)c3C)[n+](C)cnc2c1.CCC(CC)c1ccc2nc[n+](C)c(-c3cc(C)cc(C)c3C)c2c1.Cc1cc(-c2c3cccc(C)c3nc[n+]2C)c(C)c(C)c1F.Cc1cc(-c2c3ccccc3nc(C)[n+]2C)c(C)c(C)c1F.Cc1cc(-c2c3ccccc3nc[n+]2C)c(C)c(C)c1F. The molecule has 0 fully saturated rings. The van der Waals surface area contributed by atoms with Gasteiger partial charge >= 0.3 is 0 Å². The zero-order valence-corrected chi connectivity index (χ0v) is 72.8. The van der Waals surface area contributed by atoms with Crippen molar-refractivity contribution in [3.63, 3.8) is 0 Å². The van der Waals surface area contributed by atoms with Gasteiger partial charge in [0.25, 0.3) is 31.1 Å². The fourth-order valence-electron chi connectivity index (χ4n) is 16.6. The van der Waals surface area contributed by atoms with Crippen LogP contribution in [0.1, 0.15) is 171 Å². The molecule has 0 radical (unpaired) electrons. The van der Waals surface area contributed by atoms with Crippen molar-refractivity contribution in [1.29, 1.82) is 0 Å². The second-order valence-corrected chi connectivity index (χ2v) is 31.9. The minimum Gasteiger partial charge on any atom is -0.232 e. The van der Waals surface area contributed by atoms with Crippen molar-refractivity contribution in [2.45, 2.75) is 183 Å². The van der Waals surface area contributed by atoms with Crippen LogP contribution in [0.3, 0.4) is 0 Å². The predicted molar refractivity (Wildman–Crippen MR) is 469 cm³/mol. The zero-order chi connectivity index (χ0) is 83.5. The molecule has 0 aliphatic carbocycles. The van der Waals surface area contributed by atoms with E-state index in [0.717, 1.165) is 106 Å². The minimum absolute atomic E-state index is 0.112. The minimum atomic E-state index is -0.114. The number of para-hydroxylation sites is 3. The normalized spacial score (nSPS) is 11.3. The summed E-state index contributed by atoms with van der Waals surface area (Å²) in [5, 5.41) is 5.74. The fraction of sp³-hybridized carbons (Fsp3) is 0.314. The van der Waals surface area contributed by atoms with Crippen LogP contribution < -0.4 is 22.8 Å². The number of fused-ring (bicyclic) bond motifs is 5. The van der Waals surface area contributed by atoms with Crippen LogP contribution in [0.15, 0.2) is 171 Å². The summed E-state index contributed by atoms with van der Waals surface area (Å²) in [5.41, 5.74) is 35.7. The fourth-order valence-corrected chi connectivity index (χ4v) is 16.6. The highest BCUT2D eigenvalue weighted by molar-refractivity contribution is 5.96. The Hall–Kier alpha value is -11.3. The smallest absolute Gasteiger partial charge is 0.232 e. The van der Waals surface area contributed by atoms with Crippen LogP contribution in [0.2, 0.25) is 0 Å². The molecule has 0 saturated carbocycles. The highest BCUT2D eigenvalue weighted by atomic mass is 19.1. The third-order valence-corrected chi connectivity index (χ3v) is 24.2. The lowest BCUT2D eigenvalue weighted by Crippen LogP contribution is -2.36. The first-order chi connectivity index (χ1) is 54.7. The van der Waals surface area contributed by atoms with Gasteiger partial charge in [-0.15, -0.1) is 0 Å². The van der Waals surface area contributed by atoms with Gasteiger partial charge in [-0.05, 0) is 342 Å². The standard InChI is InChI=1S/2C23H29N2.2C19H20FN2.C18H18FN2/c1-7-18(8-2)19-9-10-22-21(13-19)23(25(6)14-24-22)20-12-15(3)11-16(4)17(20)5;1-7-18(8-2)19-9-10-20-22(13-19)24-14-25(6)23(20)21-12-15(3)11-16(4)17(21)5;1-11-7-6-8-15-18(11)21-10-22(5)19(15)16-9-12(2)17(20)14(4)13(16)3;1-11-10-16(12(2)13(3)18(11)20)19-15-8-6-7-9-17(15)21-14(4)22(19)5;1-11-9-15(12(2)13(3)17(11)19)18-14-7-5-6-8-16(14)20-10-21(18)4/h2*9-14,18H,7-8H2,1-6H3;2*6-10H,1-5H3;5-10H,1-4H3/q5*+1. The molecule has 15 aromatic rings. The van der Waals surface area contributed by atoms with E-state index in [1.807, 2.05) is 185 Å². The van der Waals surface area contributed by atoms with Gasteiger partial charge in [0.05, 0.1) is 62.2 Å². The quantitative estimate of drug-likeness (QED) is 0.121. The van der Waals surface area contributed by atoms with Gasteiger partial charge in [0, 0.05) is 40.3 Å². The first kappa shape index (κ1) is 84.6. The van der Waals surface area contributed by atoms with Gasteiger partial charge < -0.3 is 0 Å². The maximum absolute atomic E-state index is 14.2. The molecule has 0 N–H and O–H groups in total. The molecule has 5 heterocycles. The van der Waals surface area contributed by atoms with Crippen molar-refractivity contribution in [2.75, 3.05) is 0 Å². The molecule has 0 unspecified atom stereocenters. The van der Waals surface area contributed by atoms with Crippen LogP contribution in [0.25, 0.3) is 111 Å². The maximum Gasteiger partial charge on any atom is 0.296 e. The number of aryl methyl sites for hydroxylation is 13. The van der Waals surface area contributed by atoms with E-state index in [2.05, 4.69) is 209 Å². The van der Waals surface area contributed by atoms with Gasteiger partial charge in [-0.3, -0.25) is 0 Å². The Kier molecular flexibility index (Phi) is 26.2. The predicted octanol–water partition coefficient (Wildman–Crippen LogP) is 23.1. The number of hydrogen-bond acceptors (Lipinski definition) is 5. The molecule has 5 aromatic heterocycles. The summed E-state index contributed by atoms with van der Waals surface area (Å²) in [5.74, 6) is 1.83. The van der Waals surface area contributed by atoms with Crippen LogP contribution >= 0.6 is 0 Å². The van der Waals surface area contributed by atoms with E-state index in [1.54, 1.807) is 0 Å². The molecule has 115 heavy (non-hydrogen) atoms. The molecule has 0 spiro atoms. The molecule has 0 bridgehead atoms. The monoisotopic (exact) mass is 1540 g/mol. The van der Waals surface area contributed by atoms with E-state index in [-0.39, 0.29) is 17.5 Å². The van der Waals surface area contributed by atoms with Crippen LogP contribution in [0, 0.1) is 135 Å². The van der Waals surface area contributed by atoms with E-state index in [9.17, 15) is 13.2 Å². The summed E-state index contributed by atoms with van der Waals surface area (Å²) >= 11 is 0. The van der Waals surface area contributed by atoms with Crippen molar-refractivity contribution in [1.82, 2.24) is 24.9 Å². The topological polar surface area (TPSA) is 83.8 Å². The lowest BCUT2D eigenvalue weighted by molar-refractivity contribution is -0.668. The molecule has 10 aromatic carbocycles. The third kappa shape index (κ3) is 17.1. The molecule has 0 aliphatic rings. The van der Waals surface area contributed by atoms with Gasteiger partial charge in [0.15, 0.2) is 27.6 Å². The van der Waals surface area contributed by atoms with Gasteiger partial charge in [0.1, 0.15) is 45.9 Å². The maximum atomic E-state index is 14.2. The van der Waals surface area contributed by atoms with Crippen molar-refractivity contribution in [3.8, 4) is 56.3 Å². The third-order valence-electron chi connectivity index (χ3n) is 24.2. The molecule has 0 amide bonds. The van der Waals surface area contributed by atoms with E-state index >= 15 is 0 Å². The van der Waals surface area contributed by atoms with Gasteiger partial charge in [-0.2, -0.15) is 0 Å². The van der Waals surface area contributed by atoms with Gasteiger partial charge in [0.2, 0.25) is 0 Å². The summed E-state index contributed by atoms with van der Waals surface area (Å²) in [6.07, 6.45) is 12.2. The van der Waals surface area contributed by atoms with E-state index in [1.165, 1.54) is 103 Å². The van der Waals surface area contributed by atoms with Gasteiger partial charge in [-0.25, -0.2) is 36.0 Å². The second kappa shape index (κ2) is 35.6. The summed E-state index contributed by atoms with van der Waals surface area (Å²) in [6, 6.07) is 50.9. The Morgan fingerprint density at radius 1 is 0.287 bits per heavy atom. The number of hydrogen-bond donors (Lipinski definition) is 0. The first-order valence-corrected chi connectivity index (χ1v) is 40.5. The molecular weight excluding hydrogens is 1420 g/mol. The molecule has 0 aliphatic heterocycles. The highest BCUT2D eigenvalue weighted by Crippen LogP contribution is 2.39. The summed E-state index contributed by atoms with van der Waals surface area (Å²) < 4.78 is 52.8. The molecule has 0 atom stereocenters. The van der Waals surface area contributed by atoms with Crippen LogP contribution in [0.5, 0.6) is 0 Å². The summed E-state index contributed by atoms with van der Waals surface area (Å²) in [4.78, 5) is 23.0. The number of rotatable bonds is 11. The first-order valence-electron chi connectivity index (χ1n) is 40.5. The molecule has 590 valence electrons. The van der Waals surface area contributed by atoms with Crippen LogP contribution in [-0.4, -0.2) is 24.9 Å². The number of halogens is 3. The molecular formula is C102H116F3N10+5. The lowest BCUT2D eigenvalue weighted by atomic mass is 9.91. The second-order valence-electron chi connectivity index (χ2n) is 31.9. The van der Waals surface area contributed by atoms with Crippen molar-refractivity contribution in [2.24, 2.45) is 35.2 Å². The van der Waals surface area contributed by atoms with Crippen molar-refractivity contribution >= 4 is 54.5 Å². The Morgan fingerprint density at radius 3 is 1.11 bits per heavy atom. The number of benzene rings is 10. The largest absolute Gasteiger partial charge is 0.296 e. The molecule has 13 heteroatoms. The average molecular weight is 1540 g/mol. The molecule has 10 nitrogen and oxygen atoms in total. The van der Waals surface area contributed by atoms with E-state index in [0.29, 0.717) is 45.2 Å². The Bertz CT molecular complexity index is 6250. The average Bonchev–Trinajstić information content (AvgIpc) is 0.782. The van der Waals surface area contributed by atoms with Gasteiger partial charge in [-0.1, -0.05) is 99.5 Å². The Balaban J connectivity index is 0.000000142. The summed E-state index contributed by atoms with van der Waals surface area (Å²) in [6.45, 7) is 43.2.